The van der Waals surface area contributed by atoms with Gasteiger partial charge in [0.15, 0.2) is 0 Å². The number of rotatable bonds is 4. The van der Waals surface area contributed by atoms with Crippen LogP contribution in [-0.4, -0.2) is 58.1 Å². The van der Waals surface area contributed by atoms with E-state index in [9.17, 15) is 0 Å². The molecule has 1 aliphatic rings. The lowest BCUT2D eigenvalue weighted by molar-refractivity contribution is 0.313. The number of nitrogens with zero attached hydrogens (tertiary/aromatic N) is 4. The number of H-pyrrole nitrogens is 2. The minimum Gasteiger partial charge on any atom is -0.369 e. The maximum absolute atomic E-state index is 4.86. The van der Waals surface area contributed by atoms with Crippen LogP contribution in [0.1, 0.15) is 25.3 Å². The number of hydrogen-bond acceptors (Lipinski definition) is 4. The number of nitrogens with one attached hydrogen (secondary N) is 2. The van der Waals surface area contributed by atoms with Crippen LogP contribution in [0.25, 0.3) is 44.8 Å². The highest BCUT2D eigenvalue weighted by Crippen LogP contribution is 2.28. The zero-order valence-electron chi connectivity index (χ0n) is 20.0. The second-order valence-corrected chi connectivity index (χ2v) is 9.67. The quantitative estimate of drug-likeness (QED) is 0.371. The molecule has 3 aromatic carbocycles. The average molecular weight is 451 g/mol. The maximum atomic E-state index is 4.86. The number of likely N-dealkylation sites (N-methyl/N-ethyl adjacent to an activating group) is 1. The molecule has 0 amide bonds. The molecular weight excluding hydrogens is 420 g/mol. The second kappa shape index (κ2) is 8.29. The van der Waals surface area contributed by atoms with Crippen molar-refractivity contribution >= 4 is 27.8 Å². The molecule has 0 atom stereocenters. The van der Waals surface area contributed by atoms with Crippen molar-refractivity contribution in [3.8, 4) is 22.8 Å². The first-order valence-corrected chi connectivity index (χ1v) is 12.1. The highest BCUT2D eigenvalue weighted by molar-refractivity contribution is 5.87. The molecule has 0 bridgehead atoms. The summed E-state index contributed by atoms with van der Waals surface area (Å²) in [6.45, 7) is 8.73. The lowest BCUT2D eigenvalue weighted by Crippen LogP contribution is -2.44. The van der Waals surface area contributed by atoms with Crippen molar-refractivity contribution in [1.82, 2.24) is 24.8 Å². The standard InChI is InChI=1S/C28H30N6/c1-18(2)19-4-6-20(7-5-19)27-29-23-10-8-21(16-25(23)31-27)28-30-24-11-9-22(17-26(24)32-28)34-14-12-33(3)13-15-34/h4-11,16-18H,12-15H2,1-3H3,(H,29,31)(H,30,32). The Bertz CT molecular complexity index is 1450. The van der Waals surface area contributed by atoms with E-state index in [1.807, 2.05) is 0 Å². The SMILES string of the molecule is CC(C)c1ccc(-c2nc3ccc(-c4nc5ccc(N6CCN(C)CC6)cc5[nH]4)cc3[nH]2)cc1. The van der Waals surface area contributed by atoms with E-state index in [2.05, 4.69) is 101 Å². The molecule has 1 aliphatic heterocycles. The molecular formula is C28H30N6. The smallest absolute Gasteiger partial charge is 0.138 e. The van der Waals surface area contributed by atoms with Gasteiger partial charge in [0, 0.05) is 43.0 Å². The fourth-order valence-electron chi connectivity index (χ4n) is 4.72. The van der Waals surface area contributed by atoms with Crippen LogP contribution in [0.4, 0.5) is 5.69 Å². The Balaban J connectivity index is 1.30. The van der Waals surface area contributed by atoms with Gasteiger partial charge in [0.1, 0.15) is 11.6 Å². The van der Waals surface area contributed by atoms with Crippen molar-refractivity contribution in [3.05, 3.63) is 66.2 Å². The molecule has 5 aromatic rings. The first kappa shape index (κ1) is 20.9. The third kappa shape index (κ3) is 3.84. The van der Waals surface area contributed by atoms with Gasteiger partial charge in [0.25, 0.3) is 0 Å². The minimum atomic E-state index is 0.522. The Kier molecular flexibility index (Phi) is 5.11. The van der Waals surface area contributed by atoms with Crippen molar-refractivity contribution in [1.29, 1.82) is 0 Å². The maximum Gasteiger partial charge on any atom is 0.138 e. The van der Waals surface area contributed by atoms with Crippen LogP contribution in [0.15, 0.2) is 60.7 Å². The van der Waals surface area contributed by atoms with Crippen LogP contribution >= 0.6 is 0 Å². The van der Waals surface area contributed by atoms with E-state index in [0.29, 0.717) is 5.92 Å². The first-order valence-electron chi connectivity index (χ1n) is 12.1. The Morgan fingerprint density at radius 2 is 1.29 bits per heavy atom. The summed E-state index contributed by atoms with van der Waals surface area (Å²) in [6, 6.07) is 21.5. The van der Waals surface area contributed by atoms with E-state index < -0.39 is 0 Å². The Hall–Kier alpha value is -3.64. The number of aromatic amines is 2. The fourth-order valence-corrected chi connectivity index (χ4v) is 4.72. The highest BCUT2D eigenvalue weighted by Gasteiger charge is 2.16. The van der Waals surface area contributed by atoms with Crippen molar-refractivity contribution in [2.45, 2.75) is 19.8 Å². The fraction of sp³-hybridized carbons (Fsp3) is 0.286. The average Bonchev–Trinajstić information content (AvgIpc) is 3.48. The molecule has 0 radical (unpaired) electrons. The Labute approximate surface area is 199 Å². The normalized spacial score (nSPS) is 15.1. The number of anilines is 1. The molecule has 6 nitrogen and oxygen atoms in total. The van der Waals surface area contributed by atoms with E-state index >= 15 is 0 Å². The number of fused-ring (bicyclic) bond motifs is 2. The molecule has 6 heteroatoms. The molecule has 1 fully saturated rings. The van der Waals surface area contributed by atoms with Gasteiger partial charge < -0.3 is 19.8 Å². The van der Waals surface area contributed by atoms with Crippen molar-refractivity contribution < 1.29 is 0 Å². The Morgan fingerprint density at radius 3 is 1.97 bits per heavy atom. The second-order valence-electron chi connectivity index (χ2n) is 9.67. The van der Waals surface area contributed by atoms with E-state index in [1.54, 1.807) is 0 Å². The van der Waals surface area contributed by atoms with Crippen LogP contribution in [0, 0.1) is 0 Å². The largest absolute Gasteiger partial charge is 0.369 e. The van der Waals surface area contributed by atoms with Crippen molar-refractivity contribution in [3.63, 3.8) is 0 Å². The minimum absolute atomic E-state index is 0.522. The molecule has 2 N–H and O–H groups in total. The summed E-state index contributed by atoms with van der Waals surface area (Å²) in [5, 5.41) is 0. The van der Waals surface area contributed by atoms with Gasteiger partial charge in [0.2, 0.25) is 0 Å². The Morgan fingerprint density at radius 1 is 0.706 bits per heavy atom. The number of imidazole rings is 2. The molecule has 0 aliphatic carbocycles. The lowest BCUT2D eigenvalue weighted by Gasteiger charge is -2.34. The van der Waals surface area contributed by atoms with Crippen LogP contribution in [0.2, 0.25) is 0 Å². The molecule has 34 heavy (non-hydrogen) atoms. The molecule has 172 valence electrons. The molecule has 3 heterocycles. The topological polar surface area (TPSA) is 63.8 Å². The number of hydrogen-bond donors (Lipinski definition) is 2. The van der Waals surface area contributed by atoms with Crippen LogP contribution in [0.3, 0.4) is 0 Å². The summed E-state index contributed by atoms with van der Waals surface area (Å²) in [5.74, 6) is 2.29. The predicted octanol–water partition coefficient (Wildman–Crippen LogP) is 5.65. The zero-order valence-corrected chi connectivity index (χ0v) is 20.0. The van der Waals surface area contributed by atoms with E-state index in [-0.39, 0.29) is 0 Å². The molecule has 0 unspecified atom stereocenters. The van der Waals surface area contributed by atoms with Gasteiger partial charge in [-0.25, -0.2) is 9.97 Å². The third-order valence-corrected chi connectivity index (χ3v) is 6.94. The van der Waals surface area contributed by atoms with Crippen molar-refractivity contribution in [2.24, 2.45) is 0 Å². The molecule has 0 saturated carbocycles. The van der Waals surface area contributed by atoms with E-state index in [0.717, 1.165) is 71.0 Å². The van der Waals surface area contributed by atoms with Crippen LogP contribution < -0.4 is 4.90 Å². The highest BCUT2D eigenvalue weighted by atomic mass is 15.2. The number of piperazine rings is 1. The molecule has 6 rings (SSSR count). The number of benzene rings is 3. The summed E-state index contributed by atoms with van der Waals surface area (Å²) in [6.07, 6.45) is 0. The molecule has 1 saturated heterocycles. The summed E-state index contributed by atoms with van der Waals surface area (Å²) < 4.78 is 0. The molecule has 2 aromatic heterocycles. The van der Waals surface area contributed by atoms with E-state index in [4.69, 9.17) is 9.97 Å². The molecule has 0 spiro atoms. The van der Waals surface area contributed by atoms with Crippen LogP contribution in [0.5, 0.6) is 0 Å². The zero-order chi connectivity index (χ0) is 23.2. The van der Waals surface area contributed by atoms with Gasteiger partial charge >= 0.3 is 0 Å². The third-order valence-electron chi connectivity index (χ3n) is 6.94. The number of aromatic nitrogens is 4. The van der Waals surface area contributed by atoms with Gasteiger partial charge in [-0.05, 0) is 54.9 Å². The monoisotopic (exact) mass is 450 g/mol. The van der Waals surface area contributed by atoms with Gasteiger partial charge in [-0.3, -0.25) is 0 Å². The van der Waals surface area contributed by atoms with Gasteiger partial charge in [0.05, 0.1) is 22.1 Å². The first-order chi connectivity index (χ1) is 16.5. The summed E-state index contributed by atoms with van der Waals surface area (Å²) >= 11 is 0. The van der Waals surface area contributed by atoms with Gasteiger partial charge in [-0.2, -0.15) is 0 Å². The van der Waals surface area contributed by atoms with Gasteiger partial charge in [-0.15, -0.1) is 0 Å². The van der Waals surface area contributed by atoms with E-state index in [1.165, 1.54) is 11.3 Å². The predicted molar refractivity (Wildman–Crippen MR) is 140 cm³/mol. The summed E-state index contributed by atoms with van der Waals surface area (Å²) in [4.78, 5) is 21.5. The van der Waals surface area contributed by atoms with Crippen molar-refractivity contribution in [2.75, 3.05) is 38.1 Å². The summed E-state index contributed by atoms with van der Waals surface area (Å²) in [5.41, 5.74) is 8.78. The summed E-state index contributed by atoms with van der Waals surface area (Å²) in [7, 11) is 2.18. The lowest BCUT2D eigenvalue weighted by atomic mass is 10.0. The van der Waals surface area contributed by atoms with Crippen LogP contribution in [-0.2, 0) is 0 Å². The van der Waals surface area contributed by atoms with Gasteiger partial charge in [-0.1, -0.05) is 38.1 Å².